The summed E-state index contributed by atoms with van der Waals surface area (Å²) in [7, 11) is -3.46. The maximum absolute atomic E-state index is 12.9. The van der Waals surface area contributed by atoms with Crippen LogP contribution in [0.1, 0.15) is 76.7 Å². The summed E-state index contributed by atoms with van der Waals surface area (Å²) in [6.07, 6.45) is 8.73. The predicted molar refractivity (Wildman–Crippen MR) is 161 cm³/mol. The molecule has 41 heavy (non-hydrogen) atoms. The summed E-state index contributed by atoms with van der Waals surface area (Å²) >= 11 is 0. The average molecular weight is 575 g/mol. The Morgan fingerprint density at radius 2 is 1.73 bits per heavy atom. The number of nitrogens with zero attached hydrogens (tertiary/aromatic N) is 3. The number of carboxylic acids is 1. The maximum atomic E-state index is 12.9. The molecule has 0 bridgehead atoms. The molecule has 2 aliphatic carbocycles. The molecule has 3 fully saturated rings. The Labute approximate surface area is 242 Å². The topological polar surface area (TPSA) is 111 Å². The summed E-state index contributed by atoms with van der Waals surface area (Å²) in [6.45, 7) is 3.32. The monoisotopic (exact) mass is 574 g/mol. The van der Waals surface area contributed by atoms with Crippen LogP contribution in [-0.4, -0.2) is 48.4 Å². The molecule has 8 nitrogen and oxygen atoms in total. The molecule has 2 aromatic carbocycles. The van der Waals surface area contributed by atoms with Crippen molar-refractivity contribution >= 4 is 38.9 Å². The minimum atomic E-state index is -3.46. The number of benzene rings is 2. The van der Waals surface area contributed by atoms with E-state index in [1.807, 2.05) is 24.3 Å². The summed E-state index contributed by atoms with van der Waals surface area (Å²) in [5, 5.41) is 13.5. The molecule has 2 N–H and O–H groups in total. The maximum Gasteiger partial charge on any atom is 0.314 e. The van der Waals surface area contributed by atoms with E-state index in [-0.39, 0.29) is 5.92 Å². The average Bonchev–Trinajstić information content (AvgIpc) is 3.62. The first-order chi connectivity index (χ1) is 19.8. The first kappa shape index (κ1) is 27.8. The molecule has 1 saturated heterocycles. The molecule has 2 saturated carbocycles. The molecule has 1 atom stereocenters. The number of carboxylic acid groups (broad SMARTS) is 1. The van der Waals surface area contributed by atoms with Crippen LogP contribution in [0.15, 0.2) is 74.7 Å². The van der Waals surface area contributed by atoms with E-state index in [2.05, 4.69) is 12.2 Å². The summed E-state index contributed by atoms with van der Waals surface area (Å²) in [5.74, 6) is 0.170. The molecular weight excluding hydrogens is 536 g/mol. The lowest BCUT2D eigenvalue weighted by Crippen LogP contribution is -2.42. The van der Waals surface area contributed by atoms with Gasteiger partial charge in [0.1, 0.15) is 5.84 Å². The minimum Gasteiger partial charge on any atom is -0.481 e. The first-order valence-electron chi connectivity index (χ1n) is 14.9. The van der Waals surface area contributed by atoms with Crippen molar-refractivity contribution in [3.05, 3.63) is 65.4 Å². The third-order valence-corrected chi connectivity index (χ3v) is 11.2. The lowest BCUT2D eigenvalue weighted by Gasteiger charge is -2.38. The fourth-order valence-corrected chi connectivity index (χ4v) is 8.06. The molecule has 2 aliphatic heterocycles. The number of hydrogen-bond donors (Lipinski definition) is 2. The van der Waals surface area contributed by atoms with Crippen LogP contribution in [0.4, 0.5) is 11.4 Å². The Bertz CT molecular complexity index is 1510. The van der Waals surface area contributed by atoms with E-state index < -0.39 is 21.4 Å². The number of anilines is 1. The zero-order chi connectivity index (χ0) is 28.6. The molecule has 0 spiro atoms. The van der Waals surface area contributed by atoms with E-state index in [4.69, 9.17) is 9.98 Å². The van der Waals surface area contributed by atoms with Crippen molar-refractivity contribution < 1.29 is 18.3 Å². The van der Waals surface area contributed by atoms with Crippen LogP contribution in [0.25, 0.3) is 0 Å². The van der Waals surface area contributed by atoms with Gasteiger partial charge in [-0.2, -0.15) is 4.31 Å². The van der Waals surface area contributed by atoms with Crippen molar-refractivity contribution in [1.29, 1.82) is 0 Å². The first-order valence-corrected chi connectivity index (χ1v) is 16.3. The zero-order valence-corrected chi connectivity index (χ0v) is 24.4. The highest BCUT2D eigenvalue weighted by molar-refractivity contribution is 7.89. The van der Waals surface area contributed by atoms with Crippen molar-refractivity contribution in [3.63, 3.8) is 0 Å². The Morgan fingerprint density at radius 1 is 1.02 bits per heavy atom. The van der Waals surface area contributed by atoms with E-state index in [1.165, 1.54) is 5.57 Å². The molecule has 0 radical (unpaired) electrons. The Balaban J connectivity index is 1.23. The van der Waals surface area contributed by atoms with Crippen LogP contribution in [0.5, 0.6) is 0 Å². The molecule has 4 aliphatic rings. The third-order valence-electron chi connectivity index (χ3n) is 9.24. The highest BCUT2D eigenvalue weighted by atomic mass is 32.2. The van der Waals surface area contributed by atoms with Gasteiger partial charge in [0, 0.05) is 36.1 Å². The highest BCUT2D eigenvalue weighted by Gasteiger charge is 2.45. The van der Waals surface area contributed by atoms with Crippen molar-refractivity contribution in [2.24, 2.45) is 15.9 Å². The van der Waals surface area contributed by atoms with Crippen LogP contribution in [0.2, 0.25) is 0 Å². The number of fused-ring (bicyclic) bond motifs is 1. The number of aliphatic carboxylic acids is 1. The smallest absolute Gasteiger partial charge is 0.314 e. The fourth-order valence-electron chi connectivity index (χ4n) is 6.54. The quantitative estimate of drug-likeness (QED) is 0.378. The SMILES string of the molecule is CCC1CC(Nc2ccc(C3(C(=O)O)CCC3)cc2)=C2CCCC2=NC1=Nc1ccc(S(=O)(=O)N2CCCC2)cc1. The van der Waals surface area contributed by atoms with Crippen molar-refractivity contribution in [1.82, 2.24) is 4.31 Å². The summed E-state index contributed by atoms with van der Waals surface area (Å²) in [6, 6.07) is 14.8. The Hall–Kier alpha value is -3.30. The molecule has 1 unspecified atom stereocenters. The van der Waals surface area contributed by atoms with Crippen molar-refractivity contribution in [2.75, 3.05) is 18.4 Å². The second kappa shape index (κ2) is 11.2. The summed E-state index contributed by atoms with van der Waals surface area (Å²) in [5.41, 5.74) is 5.30. The molecule has 0 amide bonds. The number of amidine groups is 1. The number of carbonyl (C=O) groups is 1. The van der Waals surface area contributed by atoms with E-state index in [0.717, 1.165) is 79.9 Å². The second-order valence-electron chi connectivity index (χ2n) is 11.7. The molecular formula is C32H38N4O4S. The van der Waals surface area contributed by atoms with E-state index in [1.54, 1.807) is 28.6 Å². The van der Waals surface area contributed by atoms with Gasteiger partial charge in [0.05, 0.1) is 16.0 Å². The fraction of sp³-hybridized carbons (Fsp3) is 0.469. The lowest BCUT2D eigenvalue weighted by molar-refractivity contribution is -0.147. The number of nitrogens with one attached hydrogen (secondary N) is 1. The van der Waals surface area contributed by atoms with Crippen LogP contribution < -0.4 is 5.32 Å². The molecule has 6 rings (SSSR count). The Kier molecular flexibility index (Phi) is 7.59. The van der Waals surface area contributed by atoms with Gasteiger partial charge in [0.2, 0.25) is 10.0 Å². The van der Waals surface area contributed by atoms with Gasteiger partial charge in [0.15, 0.2) is 0 Å². The van der Waals surface area contributed by atoms with Crippen molar-refractivity contribution in [3.8, 4) is 0 Å². The van der Waals surface area contributed by atoms with Crippen LogP contribution in [-0.2, 0) is 20.2 Å². The molecule has 216 valence electrons. The van der Waals surface area contributed by atoms with Crippen LogP contribution >= 0.6 is 0 Å². The van der Waals surface area contributed by atoms with Crippen LogP contribution in [0, 0.1) is 5.92 Å². The van der Waals surface area contributed by atoms with Gasteiger partial charge in [0.25, 0.3) is 0 Å². The Morgan fingerprint density at radius 3 is 2.34 bits per heavy atom. The zero-order valence-electron chi connectivity index (χ0n) is 23.6. The predicted octanol–water partition coefficient (Wildman–Crippen LogP) is 6.43. The number of allylic oxidation sites excluding steroid dienone is 2. The van der Waals surface area contributed by atoms with E-state index in [0.29, 0.717) is 36.5 Å². The van der Waals surface area contributed by atoms with E-state index >= 15 is 0 Å². The van der Waals surface area contributed by atoms with Gasteiger partial charge in [-0.25, -0.2) is 18.4 Å². The van der Waals surface area contributed by atoms with Crippen LogP contribution in [0.3, 0.4) is 0 Å². The largest absolute Gasteiger partial charge is 0.481 e. The van der Waals surface area contributed by atoms with Crippen molar-refractivity contribution in [2.45, 2.75) is 81.4 Å². The van der Waals surface area contributed by atoms with Gasteiger partial charge >= 0.3 is 5.97 Å². The van der Waals surface area contributed by atoms with Gasteiger partial charge in [-0.15, -0.1) is 0 Å². The van der Waals surface area contributed by atoms with Gasteiger partial charge in [-0.1, -0.05) is 25.5 Å². The number of rotatable bonds is 8. The lowest BCUT2D eigenvalue weighted by atomic mass is 9.64. The molecule has 0 aromatic heterocycles. The number of sulfonamides is 1. The molecule has 9 heteroatoms. The number of aliphatic imine (C=N–C) groups is 2. The van der Waals surface area contributed by atoms with Gasteiger partial charge < -0.3 is 10.4 Å². The molecule has 2 heterocycles. The normalized spacial score (nSPS) is 23.6. The molecule has 2 aromatic rings. The van der Waals surface area contributed by atoms with E-state index in [9.17, 15) is 18.3 Å². The standard InChI is InChI=1S/C32H38N4O4S/c1-2-22-21-29(33-24-11-9-23(10-12-24)32(31(37)38)17-6-18-32)27-7-5-8-28(27)35-30(22)34-25-13-15-26(16-14-25)41(39,40)36-19-3-4-20-36/h9-16,22,33H,2-8,17-21H2,1H3,(H,37,38). The second-order valence-corrected chi connectivity index (χ2v) is 13.6. The summed E-state index contributed by atoms with van der Waals surface area (Å²) < 4.78 is 27.4. The highest BCUT2D eigenvalue weighted by Crippen LogP contribution is 2.44. The minimum absolute atomic E-state index is 0.112. The number of hydrogen-bond acceptors (Lipinski definition) is 5. The third kappa shape index (κ3) is 5.26. The summed E-state index contributed by atoms with van der Waals surface area (Å²) in [4.78, 5) is 22.3. The van der Waals surface area contributed by atoms with Gasteiger partial charge in [-0.05, 0) is 105 Å². The van der Waals surface area contributed by atoms with Gasteiger partial charge in [-0.3, -0.25) is 4.79 Å².